The molecule has 7 heteroatoms. The molecule has 2 aromatic heterocycles. The summed E-state index contributed by atoms with van der Waals surface area (Å²) in [6, 6.07) is 1.76. The van der Waals surface area contributed by atoms with E-state index in [-0.39, 0.29) is 5.41 Å². The van der Waals surface area contributed by atoms with Crippen LogP contribution in [0.5, 0.6) is 11.5 Å². The van der Waals surface area contributed by atoms with Gasteiger partial charge < -0.3 is 9.47 Å². The van der Waals surface area contributed by atoms with Crippen LogP contribution in [0.4, 0.5) is 0 Å². The SMILES string of the molecule is COc1ccnc(Cn2nnnc2C(C)(C)C)c1OC. The quantitative estimate of drug-likeness (QED) is 0.841. The van der Waals surface area contributed by atoms with E-state index in [1.54, 1.807) is 31.2 Å². The van der Waals surface area contributed by atoms with Gasteiger partial charge in [-0.25, -0.2) is 4.68 Å². The number of rotatable bonds is 4. The van der Waals surface area contributed by atoms with Crippen LogP contribution in [0.2, 0.25) is 0 Å². The third-order valence-electron chi connectivity index (χ3n) is 2.87. The van der Waals surface area contributed by atoms with Crippen molar-refractivity contribution in [2.45, 2.75) is 32.7 Å². The van der Waals surface area contributed by atoms with Gasteiger partial charge in [0.1, 0.15) is 5.69 Å². The Hall–Kier alpha value is -2.18. The molecule has 0 saturated carbocycles. The number of nitrogens with zero attached hydrogens (tertiary/aromatic N) is 5. The molecule has 108 valence electrons. The fourth-order valence-electron chi connectivity index (χ4n) is 1.95. The molecule has 0 amide bonds. The Balaban J connectivity index is 2.38. The molecule has 2 aromatic rings. The van der Waals surface area contributed by atoms with E-state index < -0.39 is 0 Å². The summed E-state index contributed by atoms with van der Waals surface area (Å²) in [6.07, 6.45) is 1.68. The minimum absolute atomic E-state index is 0.143. The summed E-state index contributed by atoms with van der Waals surface area (Å²) >= 11 is 0. The fraction of sp³-hybridized carbons (Fsp3) is 0.538. The number of aromatic nitrogens is 5. The molecule has 0 aliphatic heterocycles. The maximum atomic E-state index is 5.37. The molecule has 0 aliphatic rings. The van der Waals surface area contributed by atoms with Crippen LogP contribution >= 0.6 is 0 Å². The standard InChI is InChI=1S/C13H19N5O2/c1-13(2,3)12-15-16-17-18(12)8-9-11(20-5)10(19-4)6-7-14-9/h6-7H,8H2,1-5H3. The third-order valence-corrected chi connectivity index (χ3v) is 2.87. The summed E-state index contributed by atoms with van der Waals surface area (Å²) in [7, 11) is 3.19. The maximum absolute atomic E-state index is 5.37. The Labute approximate surface area is 117 Å². The van der Waals surface area contributed by atoms with Crippen LogP contribution in [0, 0.1) is 0 Å². The molecule has 0 saturated heterocycles. The molecule has 7 nitrogen and oxygen atoms in total. The summed E-state index contributed by atoms with van der Waals surface area (Å²) in [4.78, 5) is 4.33. The smallest absolute Gasteiger partial charge is 0.184 e. The van der Waals surface area contributed by atoms with Gasteiger partial charge in [0.15, 0.2) is 17.3 Å². The average Bonchev–Trinajstić information content (AvgIpc) is 2.86. The van der Waals surface area contributed by atoms with Crippen molar-refractivity contribution < 1.29 is 9.47 Å². The van der Waals surface area contributed by atoms with Crippen LogP contribution in [0.15, 0.2) is 12.3 Å². The Morgan fingerprint density at radius 1 is 1.20 bits per heavy atom. The molecule has 0 aliphatic carbocycles. The zero-order valence-electron chi connectivity index (χ0n) is 12.4. The first-order valence-electron chi connectivity index (χ1n) is 6.30. The zero-order chi connectivity index (χ0) is 14.8. The summed E-state index contributed by atoms with van der Waals surface area (Å²) in [5, 5.41) is 11.9. The number of pyridine rings is 1. The van der Waals surface area contributed by atoms with Crippen LogP contribution in [-0.2, 0) is 12.0 Å². The molecule has 2 rings (SSSR count). The Kier molecular flexibility index (Phi) is 3.87. The summed E-state index contributed by atoms with van der Waals surface area (Å²) in [5.41, 5.74) is 0.583. The van der Waals surface area contributed by atoms with Gasteiger partial charge in [-0.3, -0.25) is 4.98 Å². The number of hydrogen-bond acceptors (Lipinski definition) is 6. The van der Waals surface area contributed by atoms with Crippen LogP contribution in [-0.4, -0.2) is 39.4 Å². The van der Waals surface area contributed by atoms with E-state index in [0.29, 0.717) is 18.0 Å². The van der Waals surface area contributed by atoms with Crippen molar-refractivity contribution in [3.8, 4) is 11.5 Å². The van der Waals surface area contributed by atoms with E-state index >= 15 is 0 Å². The molecule has 20 heavy (non-hydrogen) atoms. The lowest BCUT2D eigenvalue weighted by atomic mass is 9.96. The summed E-state index contributed by atoms with van der Waals surface area (Å²) in [6.45, 7) is 6.61. The molecular weight excluding hydrogens is 258 g/mol. The lowest BCUT2D eigenvalue weighted by Crippen LogP contribution is -2.20. The van der Waals surface area contributed by atoms with Gasteiger partial charge in [0, 0.05) is 17.7 Å². The second-order valence-corrected chi connectivity index (χ2v) is 5.40. The number of hydrogen-bond donors (Lipinski definition) is 0. The number of ether oxygens (including phenoxy) is 2. The lowest BCUT2D eigenvalue weighted by Gasteiger charge is -2.17. The highest BCUT2D eigenvalue weighted by Gasteiger charge is 2.23. The van der Waals surface area contributed by atoms with Crippen LogP contribution in [0.3, 0.4) is 0 Å². The number of tetrazole rings is 1. The van der Waals surface area contributed by atoms with Crippen LogP contribution < -0.4 is 9.47 Å². The van der Waals surface area contributed by atoms with E-state index in [4.69, 9.17) is 9.47 Å². The van der Waals surface area contributed by atoms with Crippen LogP contribution in [0.25, 0.3) is 0 Å². The highest BCUT2D eigenvalue weighted by molar-refractivity contribution is 5.42. The molecule has 0 radical (unpaired) electrons. The maximum Gasteiger partial charge on any atom is 0.184 e. The minimum Gasteiger partial charge on any atom is -0.493 e. The first-order chi connectivity index (χ1) is 9.47. The highest BCUT2D eigenvalue weighted by atomic mass is 16.5. The van der Waals surface area contributed by atoms with E-state index in [0.717, 1.165) is 11.5 Å². The molecule has 0 unspecified atom stereocenters. The molecule has 0 atom stereocenters. The van der Waals surface area contributed by atoms with Crippen molar-refractivity contribution in [3.05, 3.63) is 23.8 Å². The fourth-order valence-corrected chi connectivity index (χ4v) is 1.95. The summed E-state index contributed by atoms with van der Waals surface area (Å²) < 4.78 is 12.4. The molecule has 0 N–H and O–H groups in total. The summed E-state index contributed by atoms with van der Waals surface area (Å²) in [5.74, 6) is 2.04. The van der Waals surface area contributed by atoms with Gasteiger partial charge in [-0.05, 0) is 10.4 Å². The minimum atomic E-state index is -0.143. The molecule has 0 spiro atoms. The van der Waals surface area contributed by atoms with Crippen molar-refractivity contribution in [2.75, 3.05) is 14.2 Å². The third kappa shape index (κ3) is 2.71. The van der Waals surface area contributed by atoms with Gasteiger partial charge in [-0.2, -0.15) is 0 Å². The largest absolute Gasteiger partial charge is 0.493 e. The first-order valence-corrected chi connectivity index (χ1v) is 6.30. The van der Waals surface area contributed by atoms with E-state index in [9.17, 15) is 0 Å². The molecule has 0 aromatic carbocycles. The van der Waals surface area contributed by atoms with E-state index in [1.165, 1.54) is 0 Å². The Bertz CT molecular complexity index is 589. The van der Waals surface area contributed by atoms with Gasteiger partial charge in [0.2, 0.25) is 0 Å². The van der Waals surface area contributed by atoms with Gasteiger partial charge in [0.25, 0.3) is 0 Å². The second-order valence-electron chi connectivity index (χ2n) is 5.40. The van der Waals surface area contributed by atoms with E-state index in [2.05, 4.69) is 41.3 Å². The van der Waals surface area contributed by atoms with Crippen molar-refractivity contribution in [1.29, 1.82) is 0 Å². The molecule has 2 heterocycles. The first kappa shape index (κ1) is 14.2. The van der Waals surface area contributed by atoms with Gasteiger partial charge >= 0.3 is 0 Å². The average molecular weight is 277 g/mol. The Morgan fingerprint density at radius 3 is 2.55 bits per heavy atom. The van der Waals surface area contributed by atoms with Gasteiger partial charge in [0.05, 0.1) is 20.8 Å². The monoisotopic (exact) mass is 277 g/mol. The topological polar surface area (TPSA) is 75.0 Å². The molecule has 0 fully saturated rings. The van der Waals surface area contributed by atoms with Crippen LogP contribution in [0.1, 0.15) is 32.3 Å². The second kappa shape index (κ2) is 5.44. The Morgan fingerprint density at radius 2 is 1.95 bits per heavy atom. The zero-order valence-corrected chi connectivity index (χ0v) is 12.4. The van der Waals surface area contributed by atoms with Gasteiger partial charge in [-0.1, -0.05) is 20.8 Å². The molecule has 0 bridgehead atoms. The van der Waals surface area contributed by atoms with Crippen molar-refractivity contribution in [3.63, 3.8) is 0 Å². The normalized spacial score (nSPS) is 11.4. The number of methoxy groups -OCH3 is 2. The highest BCUT2D eigenvalue weighted by Crippen LogP contribution is 2.30. The van der Waals surface area contributed by atoms with Crippen molar-refractivity contribution in [2.24, 2.45) is 0 Å². The predicted octanol–water partition coefficient (Wildman–Crippen LogP) is 1.43. The lowest BCUT2D eigenvalue weighted by molar-refractivity contribution is 0.347. The van der Waals surface area contributed by atoms with Gasteiger partial charge in [-0.15, -0.1) is 5.10 Å². The van der Waals surface area contributed by atoms with Crippen molar-refractivity contribution >= 4 is 0 Å². The molecular formula is C13H19N5O2. The predicted molar refractivity (Wildman–Crippen MR) is 73.0 cm³/mol. The van der Waals surface area contributed by atoms with E-state index in [1.807, 2.05) is 0 Å². The van der Waals surface area contributed by atoms with Crippen molar-refractivity contribution in [1.82, 2.24) is 25.2 Å².